The fraction of sp³-hybridized carbons (Fsp3) is 0.900. The van der Waals surface area contributed by atoms with E-state index in [4.69, 9.17) is 15.6 Å². The molecule has 0 saturated heterocycles. The highest BCUT2D eigenvalue weighted by molar-refractivity contribution is 5.77. The summed E-state index contributed by atoms with van der Waals surface area (Å²) >= 11 is 0. The number of hydrogen-bond acceptors (Lipinski definition) is 3. The van der Waals surface area contributed by atoms with E-state index in [1.165, 1.54) is 19.8 Å². The number of aliphatic carboxylic acids is 1. The second-order valence-electron chi connectivity index (χ2n) is 4.25. The lowest BCUT2D eigenvalue weighted by Gasteiger charge is -2.20. The lowest BCUT2D eigenvalue weighted by molar-refractivity contribution is -0.143. The molecule has 0 aromatic heterocycles. The molecular formula is C10H19NO3. The molecule has 0 heterocycles. The molecule has 0 radical (unpaired) electrons. The zero-order chi connectivity index (χ0) is 10.6. The molecule has 1 fully saturated rings. The van der Waals surface area contributed by atoms with Crippen LogP contribution in [-0.4, -0.2) is 29.3 Å². The SMILES string of the molecule is CC(N)(CCOC1CCCC1)C(=O)O. The first-order valence-electron chi connectivity index (χ1n) is 5.16. The van der Waals surface area contributed by atoms with E-state index in [0.29, 0.717) is 19.1 Å². The van der Waals surface area contributed by atoms with Crippen LogP contribution in [0.2, 0.25) is 0 Å². The average Bonchev–Trinajstić information content (AvgIpc) is 2.56. The Morgan fingerprint density at radius 3 is 2.64 bits per heavy atom. The van der Waals surface area contributed by atoms with E-state index in [1.54, 1.807) is 0 Å². The summed E-state index contributed by atoms with van der Waals surface area (Å²) < 4.78 is 5.55. The Hall–Kier alpha value is -0.610. The lowest BCUT2D eigenvalue weighted by atomic mass is 10.0. The molecule has 0 bridgehead atoms. The standard InChI is InChI=1S/C10H19NO3/c1-10(11,9(12)13)6-7-14-8-4-2-3-5-8/h8H,2-7,11H2,1H3,(H,12,13). The van der Waals surface area contributed by atoms with Gasteiger partial charge >= 0.3 is 5.97 Å². The third kappa shape index (κ3) is 3.27. The van der Waals surface area contributed by atoms with E-state index in [9.17, 15) is 4.79 Å². The Morgan fingerprint density at radius 1 is 1.57 bits per heavy atom. The molecule has 14 heavy (non-hydrogen) atoms. The third-order valence-electron chi connectivity index (χ3n) is 2.77. The van der Waals surface area contributed by atoms with Crippen LogP contribution in [0.1, 0.15) is 39.0 Å². The quantitative estimate of drug-likeness (QED) is 0.699. The van der Waals surface area contributed by atoms with Gasteiger partial charge in [-0.3, -0.25) is 4.79 Å². The van der Waals surface area contributed by atoms with Gasteiger partial charge in [0.05, 0.1) is 6.10 Å². The summed E-state index contributed by atoms with van der Waals surface area (Å²) in [5, 5.41) is 8.75. The van der Waals surface area contributed by atoms with Crippen LogP contribution >= 0.6 is 0 Å². The van der Waals surface area contributed by atoms with Crippen LogP contribution in [0.4, 0.5) is 0 Å². The summed E-state index contributed by atoms with van der Waals surface area (Å²) in [6, 6.07) is 0. The van der Waals surface area contributed by atoms with Gasteiger partial charge in [0.2, 0.25) is 0 Å². The molecule has 1 atom stereocenters. The molecule has 1 unspecified atom stereocenters. The number of carboxylic acid groups (broad SMARTS) is 1. The Kier molecular flexibility index (Phi) is 3.89. The van der Waals surface area contributed by atoms with Gasteiger partial charge in [-0.25, -0.2) is 0 Å². The van der Waals surface area contributed by atoms with E-state index in [0.717, 1.165) is 12.8 Å². The minimum absolute atomic E-state index is 0.333. The van der Waals surface area contributed by atoms with Crippen LogP contribution in [0, 0.1) is 0 Å². The number of hydrogen-bond donors (Lipinski definition) is 2. The van der Waals surface area contributed by atoms with Crippen molar-refractivity contribution < 1.29 is 14.6 Å². The maximum Gasteiger partial charge on any atom is 0.323 e. The number of ether oxygens (including phenoxy) is 1. The number of rotatable bonds is 5. The van der Waals surface area contributed by atoms with Gasteiger partial charge in [0, 0.05) is 6.61 Å². The van der Waals surface area contributed by atoms with E-state index >= 15 is 0 Å². The fourth-order valence-corrected chi connectivity index (χ4v) is 1.60. The van der Waals surface area contributed by atoms with Crippen molar-refractivity contribution >= 4 is 5.97 Å². The third-order valence-corrected chi connectivity index (χ3v) is 2.77. The highest BCUT2D eigenvalue weighted by atomic mass is 16.5. The Bertz CT molecular complexity index is 198. The van der Waals surface area contributed by atoms with E-state index < -0.39 is 11.5 Å². The zero-order valence-electron chi connectivity index (χ0n) is 8.66. The van der Waals surface area contributed by atoms with E-state index in [1.807, 2.05) is 0 Å². The second-order valence-corrected chi connectivity index (χ2v) is 4.25. The smallest absolute Gasteiger partial charge is 0.323 e. The first-order valence-corrected chi connectivity index (χ1v) is 5.16. The van der Waals surface area contributed by atoms with Crippen molar-refractivity contribution in [2.24, 2.45) is 5.73 Å². The Labute approximate surface area is 84.4 Å². The van der Waals surface area contributed by atoms with Crippen LogP contribution in [-0.2, 0) is 9.53 Å². The van der Waals surface area contributed by atoms with E-state index in [2.05, 4.69) is 0 Å². The van der Waals surface area contributed by atoms with Crippen molar-refractivity contribution in [1.29, 1.82) is 0 Å². The summed E-state index contributed by atoms with van der Waals surface area (Å²) in [6.45, 7) is 1.97. The van der Waals surface area contributed by atoms with Crippen molar-refractivity contribution in [3.8, 4) is 0 Å². The highest BCUT2D eigenvalue weighted by Crippen LogP contribution is 2.21. The number of carboxylic acids is 1. The molecule has 0 aromatic carbocycles. The predicted octanol–water partition coefficient (Wildman–Crippen LogP) is 1.14. The minimum Gasteiger partial charge on any atom is -0.480 e. The normalized spacial score (nSPS) is 22.1. The van der Waals surface area contributed by atoms with Crippen LogP contribution in [0.5, 0.6) is 0 Å². The second kappa shape index (κ2) is 4.75. The molecule has 3 N–H and O–H groups in total. The van der Waals surface area contributed by atoms with Crippen LogP contribution in [0.15, 0.2) is 0 Å². The lowest BCUT2D eigenvalue weighted by Crippen LogP contribution is -2.45. The van der Waals surface area contributed by atoms with Gasteiger partial charge in [0.25, 0.3) is 0 Å². The maximum atomic E-state index is 10.7. The van der Waals surface area contributed by atoms with Gasteiger partial charge < -0.3 is 15.6 Å². The fourth-order valence-electron chi connectivity index (χ4n) is 1.60. The highest BCUT2D eigenvalue weighted by Gasteiger charge is 2.28. The molecular weight excluding hydrogens is 182 g/mol. The largest absolute Gasteiger partial charge is 0.480 e. The molecule has 82 valence electrons. The average molecular weight is 201 g/mol. The Morgan fingerprint density at radius 2 is 2.14 bits per heavy atom. The van der Waals surface area contributed by atoms with Crippen molar-refractivity contribution in [1.82, 2.24) is 0 Å². The van der Waals surface area contributed by atoms with Crippen molar-refractivity contribution in [3.63, 3.8) is 0 Å². The molecule has 0 aliphatic heterocycles. The Balaban J connectivity index is 2.16. The summed E-state index contributed by atoms with van der Waals surface area (Å²) in [6.07, 6.45) is 5.37. The van der Waals surface area contributed by atoms with Crippen molar-refractivity contribution in [3.05, 3.63) is 0 Å². The molecule has 0 aromatic rings. The topological polar surface area (TPSA) is 72.5 Å². The van der Waals surface area contributed by atoms with E-state index in [-0.39, 0.29) is 0 Å². The molecule has 1 aliphatic rings. The maximum absolute atomic E-state index is 10.7. The molecule has 1 saturated carbocycles. The molecule has 4 heteroatoms. The number of nitrogens with two attached hydrogens (primary N) is 1. The predicted molar refractivity (Wildman–Crippen MR) is 53.1 cm³/mol. The summed E-state index contributed by atoms with van der Waals surface area (Å²) in [5.74, 6) is -0.965. The summed E-state index contributed by atoms with van der Waals surface area (Å²) in [5.41, 5.74) is 4.41. The molecule has 1 aliphatic carbocycles. The van der Waals surface area contributed by atoms with Crippen molar-refractivity contribution in [2.45, 2.75) is 50.7 Å². The first kappa shape index (κ1) is 11.5. The van der Waals surface area contributed by atoms with Gasteiger partial charge in [-0.05, 0) is 26.2 Å². The van der Waals surface area contributed by atoms with Crippen LogP contribution in [0.25, 0.3) is 0 Å². The molecule has 1 rings (SSSR count). The van der Waals surface area contributed by atoms with Crippen LogP contribution < -0.4 is 5.73 Å². The van der Waals surface area contributed by atoms with Gasteiger partial charge in [0.1, 0.15) is 5.54 Å². The summed E-state index contributed by atoms with van der Waals surface area (Å²) in [7, 11) is 0. The molecule has 4 nitrogen and oxygen atoms in total. The van der Waals surface area contributed by atoms with Gasteiger partial charge in [-0.1, -0.05) is 12.8 Å². The van der Waals surface area contributed by atoms with Gasteiger partial charge in [-0.2, -0.15) is 0 Å². The molecule has 0 spiro atoms. The van der Waals surface area contributed by atoms with Gasteiger partial charge in [-0.15, -0.1) is 0 Å². The first-order chi connectivity index (χ1) is 6.52. The number of carbonyl (C=O) groups is 1. The van der Waals surface area contributed by atoms with Gasteiger partial charge in [0.15, 0.2) is 0 Å². The molecule has 0 amide bonds. The monoisotopic (exact) mass is 201 g/mol. The minimum atomic E-state index is -1.15. The summed E-state index contributed by atoms with van der Waals surface area (Å²) in [4.78, 5) is 10.7. The zero-order valence-corrected chi connectivity index (χ0v) is 8.66. The van der Waals surface area contributed by atoms with Crippen LogP contribution in [0.3, 0.4) is 0 Å². The van der Waals surface area contributed by atoms with Crippen molar-refractivity contribution in [2.75, 3.05) is 6.61 Å².